The molecule has 0 bridgehead atoms. The molecule has 1 saturated carbocycles. The van der Waals surface area contributed by atoms with Crippen LogP contribution >= 0.6 is 0 Å². The molecule has 2 atom stereocenters. The molecule has 2 unspecified atom stereocenters. The van der Waals surface area contributed by atoms with Gasteiger partial charge in [-0.2, -0.15) is 0 Å². The number of carbonyl (C=O) groups is 1. The van der Waals surface area contributed by atoms with E-state index in [4.69, 9.17) is 5.11 Å². The Bertz CT molecular complexity index is 374. The standard InChI is InChI=1S/C9H7F2NO2/c10-6-2-12-3-7(11)8(6)4-1-5(4)9(13)14/h2-5H,1H2,(H,13,14). The van der Waals surface area contributed by atoms with Crippen molar-refractivity contribution in [2.75, 3.05) is 0 Å². The summed E-state index contributed by atoms with van der Waals surface area (Å²) in [6.45, 7) is 0. The maximum atomic E-state index is 13.1. The summed E-state index contributed by atoms with van der Waals surface area (Å²) in [6, 6.07) is 0. The number of nitrogens with zero attached hydrogens (tertiary/aromatic N) is 1. The smallest absolute Gasteiger partial charge is 0.307 e. The summed E-state index contributed by atoms with van der Waals surface area (Å²) in [6.07, 6.45) is 2.10. The first kappa shape index (κ1) is 9.05. The highest BCUT2D eigenvalue weighted by molar-refractivity contribution is 5.75. The van der Waals surface area contributed by atoms with Gasteiger partial charge in [0.1, 0.15) is 11.6 Å². The summed E-state index contributed by atoms with van der Waals surface area (Å²) < 4.78 is 26.2. The van der Waals surface area contributed by atoms with E-state index in [1.54, 1.807) is 0 Å². The topological polar surface area (TPSA) is 50.2 Å². The zero-order valence-electron chi connectivity index (χ0n) is 7.08. The van der Waals surface area contributed by atoms with E-state index in [-0.39, 0.29) is 5.56 Å². The van der Waals surface area contributed by atoms with Crippen LogP contribution in [0.15, 0.2) is 12.4 Å². The largest absolute Gasteiger partial charge is 0.481 e. The van der Waals surface area contributed by atoms with E-state index in [1.807, 2.05) is 0 Å². The molecular weight excluding hydrogens is 192 g/mol. The number of hydrogen-bond donors (Lipinski definition) is 1. The number of carboxylic acid groups (broad SMARTS) is 1. The van der Waals surface area contributed by atoms with Crippen LogP contribution in [0.1, 0.15) is 17.9 Å². The summed E-state index contributed by atoms with van der Waals surface area (Å²) in [7, 11) is 0. The number of pyridine rings is 1. The number of rotatable bonds is 2. The quantitative estimate of drug-likeness (QED) is 0.786. The number of aromatic nitrogens is 1. The maximum Gasteiger partial charge on any atom is 0.307 e. The van der Waals surface area contributed by atoms with Gasteiger partial charge in [0.25, 0.3) is 0 Å². The molecule has 2 rings (SSSR count). The van der Waals surface area contributed by atoms with Crippen molar-refractivity contribution in [3.05, 3.63) is 29.6 Å². The molecule has 1 aromatic rings. The van der Waals surface area contributed by atoms with Crippen LogP contribution in [-0.2, 0) is 4.79 Å². The number of carboxylic acids is 1. The van der Waals surface area contributed by atoms with Gasteiger partial charge in [0, 0.05) is 11.5 Å². The lowest BCUT2D eigenvalue weighted by Crippen LogP contribution is -2.02. The van der Waals surface area contributed by atoms with E-state index >= 15 is 0 Å². The Kier molecular flexibility index (Phi) is 1.94. The average Bonchev–Trinajstić information content (AvgIpc) is 2.83. The van der Waals surface area contributed by atoms with Gasteiger partial charge in [0.15, 0.2) is 0 Å². The third-order valence-electron chi connectivity index (χ3n) is 2.37. The molecule has 3 nitrogen and oxygen atoms in total. The minimum absolute atomic E-state index is 0.146. The van der Waals surface area contributed by atoms with Gasteiger partial charge in [-0.15, -0.1) is 0 Å². The first-order valence-corrected chi connectivity index (χ1v) is 4.13. The molecule has 1 heterocycles. The molecule has 14 heavy (non-hydrogen) atoms. The number of hydrogen-bond acceptors (Lipinski definition) is 2. The second-order valence-electron chi connectivity index (χ2n) is 3.30. The molecule has 0 aromatic carbocycles. The summed E-state index contributed by atoms with van der Waals surface area (Å²) >= 11 is 0. The van der Waals surface area contributed by atoms with E-state index in [2.05, 4.69) is 4.98 Å². The Balaban J connectivity index is 2.31. The zero-order valence-corrected chi connectivity index (χ0v) is 7.08. The zero-order chi connectivity index (χ0) is 10.3. The molecule has 1 aromatic heterocycles. The highest BCUT2D eigenvalue weighted by Crippen LogP contribution is 2.48. The van der Waals surface area contributed by atoms with Gasteiger partial charge in [-0.3, -0.25) is 9.78 Å². The van der Waals surface area contributed by atoms with Gasteiger partial charge in [0.05, 0.1) is 18.3 Å². The Morgan fingerprint density at radius 3 is 2.43 bits per heavy atom. The lowest BCUT2D eigenvalue weighted by molar-refractivity contribution is -0.138. The molecule has 5 heteroatoms. The van der Waals surface area contributed by atoms with Crippen LogP contribution in [0.5, 0.6) is 0 Å². The number of aliphatic carboxylic acids is 1. The Labute approximate surface area is 78.4 Å². The van der Waals surface area contributed by atoms with Crippen LogP contribution in [0.25, 0.3) is 0 Å². The molecule has 0 saturated heterocycles. The van der Waals surface area contributed by atoms with Crippen molar-refractivity contribution in [1.29, 1.82) is 0 Å². The van der Waals surface area contributed by atoms with Crippen LogP contribution in [-0.4, -0.2) is 16.1 Å². The Hall–Kier alpha value is -1.52. The molecule has 74 valence electrons. The van der Waals surface area contributed by atoms with Gasteiger partial charge in [0.2, 0.25) is 0 Å². The lowest BCUT2D eigenvalue weighted by Gasteiger charge is -2.01. The molecule has 1 N–H and O–H groups in total. The average molecular weight is 199 g/mol. The highest BCUT2D eigenvalue weighted by Gasteiger charge is 2.46. The minimum atomic E-state index is -1.01. The molecule has 0 radical (unpaired) electrons. The molecule has 0 aliphatic heterocycles. The monoisotopic (exact) mass is 199 g/mol. The molecule has 1 fully saturated rings. The summed E-state index contributed by atoms with van der Waals surface area (Å²) in [4.78, 5) is 13.8. The van der Waals surface area contributed by atoms with Crippen molar-refractivity contribution in [2.24, 2.45) is 5.92 Å². The molecular formula is C9H7F2NO2. The van der Waals surface area contributed by atoms with Crippen LogP contribution < -0.4 is 0 Å². The van der Waals surface area contributed by atoms with Gasteiger partial charge in [-0.1, -0.05) is 0 Å². The van der Waals surface area contributed by atoms with Crippen LogP contribution in [0.2, 0.25) is 0 Å². The third-order valence-corrected chi connectivity index (χ3v) is 2.37. The Morgan fingerprint density at radius 1 is 1.43 bits per heavy atom. The summed E-state index contributed by atoms with van der Waals surface area (Å²) in [5, 5.41) is 8.61. The van der Waals surface area contributed by atoms with E-state index in [1.165, 1.54) is 0 Å². The first-order valence-electron chi connectivity index (χ1n) is 4.13. The fraction of sp³-hybridized carbons (Fsp3) is 0.333. The highest BCUT2D eigenvalue weighted by atomic mass is 19.1. The summed E-state index contributed by atoms with van der Waals surface area (Å²) in [5.74, 6) is -3.72. The second kappa shape index (κ2) is 3.01. The molecule has 0 spiro atoms. The van der Waals surface area contributed by atoms with E-state index in [0.29, 0.717) is 6.42 Å². The van der Waals surface area contributed by atoms with Crippen molar-refractivity contribution in [3.63, 3.8) is 0 Å². The fourth-order valence-electron chi connectivity index (χ4n) is 1.56. The van der Waals surface area contributed by atoms with Crippen LogP contribution in [0.3, 0.4) is 0 Å². The second-order valence-corrected chi connectivity index (χ2v) is 3.30. The lowest BCUT2D eigenvalue weighted by atomic mass is 10.1. The Morgan fingerprint density at radius 2 is 2.00 bits per heavy atom. The van der Waals surface area contributed by atoms with E-state index in [0.717, 1.165) is 12.4 Å². The normalized spacial score (nSPS) is 24.7. The maximum absolute atomic E-state index is 13.1. The predicted molar refractivity (Wildman–Crippen MR) is 42.6 cm³/mol. The van der Waals surface area contributed by atoms with Crippen molar-refractivity contribution >= 4 is 5.97 Å². The van der Waals surface area contributed by atoms with Crippen molar-refractivity contribution in [2.45, 2.75) is 12.3 Å². The van der Waals surface area contributed by atoms with Crippen molar-refractivity contribution in [3.8, 4) is 0 Å². The molecule has 0 amide bonds. The predicted octanol–water partition coefficient (Wildman–Crippen LogP) is 1.55. The fourth-order valence-corrected chi connectivity index (χ4v) is 1.56. The molecule has 1 aliphatic rings. The first-order chi connectivity index (χ1) is 6.61. The SMILES string of the molecule is O=C(O)C1CC1c1c(F)cncc1F. The summed E-state index contributed by atoms with van der Waals surface area (Å²) in [5.41, 5.74) is -0.146. The van der Waals surface area contributed by atoms with E-state index in [9.17, 15) is 13.6 Å². The van der Waals surface area contributed by atoms with Crippen molar-refractivity contribution < 1.29 is 18.7 Å². The van der Waals surface area contributed by atoms with Crippen LogP contribution in [0, 0.1) is 17.6 Å². The van der Waals surface area contributed by atoms with Crippen molar-refractivity contribution in [1.82, 2.24) is 4.98 Å². The minimum Gasteiger partial charge on any atom is -0.481 e. The van der Waals surface area contributed by atoms with Gasteiger partial charge in [-0.25, -0.2) is 8.78 Å². The van der Waals surface area contributed by atoms with Gasteiger partial charge in [-0.05, 0) is 6.42 Å². The van der Waals surface area contributed by atoms with Gasteiger partial charge < -0.3 is 5.11 Å². The molecule has 1 aliphatic carbocycles. The number of halogens is 2. The van der Waals surface area contributed by atoms with E-state index < -0.39 is 29.4 Å². The van der Waals surface area contributed by atoms with Gasteiger partial charge >= 0.3 is 5.97 Å². The van der Waals surface area contributed by atoms with Crippen LogP contribution in [0.4, 0.5) is 8.78 Å². The third kappa shape index (κ3) is 1.34.